The van der Waals surface area contributed by atoms with E-state index in [0.717, 1.165) is 6.42 Å². The Bertz CT molecular complexity index is 458. The molecule has 0 radical (unpaired) electrons. The maximum absolute atomic E-state index is 12.3. The van der Waals surface area contributed by atoms with Crippen LogP contribution in [0.2, 0.25) is 0 Å². The standard InChI is InChI=1S/C13H18N2O3/c1-3-5-10(18-2)12(16)11-8(13(15)17)6-4-7-9(11)14/h4,6-7,10H,3,5,14H2,1-2H3,(H2,15,17). The average Bonchev–Trinajstić information content (AvgIpc) is 2.34. The van der Waals surface area contributed by atoms with Gasteiger partial charge in [-0.3, -0.25) is 9.59 Å². The number of Topliss-reactive ketones (excluding diaryl/α,β-unsaturated/α-hetero) is 1. The van der Waals surface area contributed by atoms with Crippen LogP contribution >= 0.6 is 0 Å². The minimum Gasteiger partial charge on any atom is -0.398 e. The van der Waals surface area contributed by atoms with Crippen molar-refractivity contribution in [3.8, 4) is 0 Å². The first-order valence-electron chi connectivity index (χ1n) is 5.78. The van der Waals surface area contributed by atoms with Crippen molar-refractivity contribution in [1.29, 1.82) is 0 Å². The third-order valence-corrected chi connectivity index (χ3v) is 2.74. The van der Waals surface area contributed by atoms with Crippen molar-refractivity contribution in [2.75, 3.05) is 12.8 Å². The monoisotopic (exact) mass is 250 g/mol. The Morgan fingerprint density at radius 3 is 2.56 bits per heavy atom. The van der Waals surface area contributed by atoms with Gasteiger partial charge in [0.2, 0.25) is 5.91 Å². The van der Waals surface area contributed by atoms with Gasteiger partial charge in [0.1, 0.15) is 6.10 Å². The summed E-state index contributed by atoms with van der Waals surface area (Å²) < 4.78 is 5.14. The molecule has 0 bridgehead atoms. The van der Waals surface area contributed by atoms with Crippen molar-refractivity contribution in [3.63, 3.8) is 0 Å². The molecule has 5 heteroatoms. The highest BCUT2D eigenvalue weighted by Gasteiger charge is 2.25. The third kappa shape index (κ3) is 2.87. The van der Waals surface area contributed by atoms with E-state index in [1.165, 1.54) is 13.2 Å². The summed E-state index contributed by atoms with van der Waals surface area (Å²) in [6, 6.07) is 4.65. The topological polar surface area (TPSA) is 95.4 Å². The second-order valence-electron chi connectivity index (χ2n) is 4.01. The van der Waals surface area contributed by atoms with Crippen LogP contribution in [0.1, 0.15) is 40.5 Å². The molecule has 0 heterocycles. The summed E-state index contributed by atoms with van der Waals surface area (Å²) in [6.45, 7) is 1.95. The Balaban J connectivity index is 3.22. The lowest BCUT2D eigenvalue weighted by molar-refractivity contribution is 0.0577. The van der Waals surface area contributed by atoms with Gasteiger partial charge in [0.15, 0.2) is 5.78 Å². The number of hydrogen-bond acceptors (Lipinski definition) is 4. The Morgan fingerprint density at radius 2 is 2.06 bits per heavy atom. The molecule has 1 unspecified atom stereocenters. The van der Waals surface area contributed by atoms with Gasteiger partial charge in [-0.2, -0.15) is 0 Å². The van der Waals surface area contributed by atoms with Crippen molar-refractivity contribution in [3.05, 3.63) is 29.3 Å². The molecule has 98 valence electrons. The number of hydrogen-bond donors (Lipinski definition) is 2. The van der Waals surface area contributed by atoms with Crippen LogP contribution in [0.4, 0.5) is 5.69 Å². The first kappa shape index (κ1) is 14.2. The van der Waals surface area contributed by atoms with Crippen LogP contribution in [0.3, 0.4) is 0 Å². The highest BCUT2D eigenvalue weighted by molar-refractivity contribution is 6.12. The van der Waals surface area contributed by atoms with Crippen LogP contribution in [-0.2, 0) is 4.74 Å². The quantitative estimate of drug-likeness (QED) is 0.588. The molecule has 1 rings (SSSR count). The maximum atomic E-state index is 12.3. The van der Waals surface area contributed by atoms with Crippen LogP contribution in [-0.4, -0.2) is 24.9 Å². The summed E-state index contributed by atoms with van der Waals surface area (Å²) in [5.74, 6) is -0.969. The van der Waals surface area contributed by atoms with Crippen LogP contribution in [0, 0.1) is 0 Å². The number of nitrogen functional groups attached to an aromatic ring is 1. The molecular formula is C13H18N2O3. The molecule has 1 aromatic carbocycles. The Kier molecular flexibility index (Phi) is 4.85. The van der Waals surface area contributed by atoms with Gasteiger partial charge in [0.05, 0.1) is 11.1 Å². The van der Waals surface area contributed by atoms with E-state index in [1.807, 2.05) is 6.92 Å². The zero-order valence-electron chi connectivity index (χ0n) is 10.6. The number of ether oxygens (including phenoxy) is 1. The first-order chi connectivity index (χ1) is 8.52. The van der Waals surface area contributed by atoms with E-state index in [9.17, 15) is 9.59 Å². The second-order valence-corrected chi connectivity index (χ2v) is 4.01. The summed E-state index contributed by atoms with van der Waals surface area (Å²) in [7, 11) is 1.46. The molecular weight excluding hydrogens is 232 g/mol. The Labute approximate surface area is 106 Å². The van der Waals surface area contributed by atoms with Crippen molar-refractivity contribution < 1.29 is 14.3 Å². The summed E-state index contributed by atoms with van der Waals surface area (Å²) in [5, 5.41) is 0. The van der Waals surface area contributed by atoms with Gasteiger partial charge in [0.25, 0.3) is 0 Å². The summed E-state index contributed by atoms with van der Waals surface area (Å²) in [5.41, 5.74) is 11.6. The Hall–Kier alpha value is -1.88. The Morgan fingerprint density at radius 1 is 1.39 bits per heavy atom. The number of benzene rings is 1. The molecule has 0 fully saturated rings. The molecule has 18 heavy (non-hydrogen) atoms. The lowest BCUT2D eigenvalue weighted by Gasteiger charge is -2.16. The second kappa shape index (κ2) is 6.16. The van der Waals surface area contributed by atoms with Gasteiger partial charge >= 0.3 is 0 Å². The van der Waals surface area contributed by atoms with E-state index in [4.69, 9.17) is 16.2 Å². The molecule has 0 aliphatic heterocycles. The van der Waals surface area contributed by atoms with Crippen molar-refractivity contribution in [1.82, 2.24) is 0 Å². The summed E-state index contributed by atoms with van der Waals surface area (Å²) in [4.78, 5) is 23.6. The lowest BCUT2D eigenvalue weighted by Crippen LogP contribution is -2.27. The predicted molar refractivity (Wildman–Crippen MR) is 69.4 cm³/mol. The molecule has 1 atom stereocenters. The fourth-order valence-corrected chi connectivity index (χ4v) is 1.83. The number of amides is 1. The molecule has 1 amide bonds. The van der Waals surface area contributed by atoms with E-state index in [2.05, 4.69) is 0 Å². The fraction of sp³-hybridized carbons (Fsp3) is 0.385. The summed E-state index contributed by atoms with van der Waals surface area (Å²) in [6.07, 6.45) is 0.767. The highest BCUT2D eigenvalue weighted by atomic mass is 16.5. The van der Waals surface area contributed by atoms with E-state index in [0.29, 0.717) is 6.42 Å². The van der Waals surface area contributed by atoms with Gasteiger partial charge in [-0.05, 0) is 18.6 Å². The predicted octanol–water partition coefficient (Wildman–Crippen LogP) is 1.37. The number of rotatable bonds is 6. The summed E-state index contributed by atoms with van der Waals surface area (Å²) >= 11 is 0. The SMILES string of the molecule is CCCC(OC)C(=O)c1c(N)cccc1C(N)=O. The van der Waals surface area contributed by atoms with E-state index >= 15 is 0 Å². The molecule has 0 saturated carbocycles. The van der Waals surface area contributed by atoms with Gasteiger partial charge in [-0.1, -0.05) is 19.4 Å². The average molecular weight is 250 g/mol. The molecule has 5 nitrogen and oxygen atoms in total. The third-order valence-electron chi connectivity index (χ3n) is 2.74. The lowest BCUT2D eigenvalue weighted by atomic mass is 9.96. The van der Waals surface area contributed by atoms with E-state index in [-0.39, 0.29) is 22.6 Å². The minimum atomic E-state index is -0.669. The van der Waals surface area contributed by atoms with Gasteiger partial charge in [0, 0.05) is 12.8 Å². The number of methoxy groups -OCH3 is 1. The largest absolute Gasteiger partial charge is 0.398 e. The number of carbonyl (C=O) groups excluding carboxylic acids is 2. The number of primary amides is 1. The van der Waals surface area contributed by atoms with Crippen molar-refractivity contribution in [2.45, 2.75) is 25.9 Å². The minimum absolute atomic E-state index is 0.137. The van der Waals surface area contributed by atoms with E-state index < -0.39 is 12.0 Å². The first-order valence-corrected chi connectivity index (χ1v) is 5.78. The van der Waals surface area contributed by atoms with Gasteiger partial charge in [-0.25, -0.2) is 0 Å². The number of carbonyl (C=O) groups is 2. The molecule has 0 aliphatic rings. The molecule has 0 spiro atoms. The highest BCUT2D eigenvalue weighted by Crippen LogP contribution is 2.21. The van der Waals surface area contributed by atoms with Crippen molar-refractivity contribution in [2.24, 2.45) is 5.73 Å². The molecule has 1 aromatic rings. The molecule has 0 saturated heterocycles. The van der Waals surface area contributed by atoms with Crippen molar-refractivity contribution >= 4 is 17.4 Å². The van der Waals surface area contributed by atoms with Crippen LogP contribution < -0.4 is 11.5 Å². The maximum Gasteiger partial charge on any atom is 0.249 e. The normalized spacial score (nSPS) is 12.1. The van der Waals surface area contributed by atoms with Gasteiger partial charge in [-0.15, -0.1) is 0 Å². The number of nitrogens with two attached hydrogens (primary N) is 2. The zero-order valence-corrected chi connectivity index (χ0v) is 10.6. The number of anilines is 1. The molecule has 0 aromatic heterocycles. The van der Waals surface area contributed by atoms with Gasteiger partial charge < -0.3 is 16.2 Å². The fourth-order valence-electron chi connectivity index (χ4n) is 1.83. The number of ketones is 1. The molecule has 4 N–H and O–H groups in total. The van der Waals surface area contributed by atoms with Crippen LogP contribution in [0.15, 0.2) is 18.2 Å². The van der Waals surface area contributed by atoms with Crippen LogP contribution in [0.25, 0.3) is 0 Å². The van der Waals surface area contributed by atoms with Crippen LogP contribution in [0.5, 0.6) is 0 Å². The smallest absolute Gasteiger partial charge is 0.249 e. The zero-order chi connectivity index (χ0) is 13.7. The van der Waals surface area contributed by atoms with E-state index in [1.54, 1.807) is 12.1 Å². The molecule has 0 aliphatic carbocycles.